The quantitative estimate of drug-likeness (QED) is 0.329. The summed E-state index contributed by atoms with van der Waals surface area (Å²) in [6.07, 6.45) is -8.98. The molecule has 0 spiro atoms. The Morgan fingerprint density at radius 1 is 1.15 bits per heavy atom. The number of carbonyl (C=O) groups excluding carboxylic acids is 1. The number of methoxy groups -OCH3 is 1. The van der Waals surface area contributed by atoms with E-state index in [0.717, 1.165) is 29.6 Å². The first kappa shape index (κ1) is 31.0. The van der Waals surface area contributed by atoms with Crippen molar-refractivity contribution in [1.82, 2.24) is 0 Å². The Hall–Kier alpha value is -3.55. The number of carbonyl (C=O) groups is 2. The van der Waals surface area contributed by atoms with Crippen molar-refractivity contribution in [1.29, 1.82) is 0 Å². The first-order valence-electron chi connectivity index (χ1n) is 12.1. The smallest absolute Gasteiger partial charge is 0.426 e. The molecular formula is C26H29F4NO8S. The molecule has 2 aromatic carbocycles. The minimum Gasteiger partial charge on any atom is -0.494 e. The van der Waals surface area contributed by atoms with Crippen molar-refractivity contribution in [2.45, 2.75) is 63.3 Å². The van der Waals surface area contributed by atoms with Crippen LogP contribution in [-0.2, 0) is 30.8 Å². The van der Waals surface area contributed by atoms with Crippen molar-refractivity contribution >= 4 is 27.6 Å². The maximum atomic E-state index is 14.0. The number of halogens is 4. The molecular weight excluding hydrogens is 562 g/mol. The lowest BCUT2D eigenvalue weighted by molar-refractivity contribution is -0.244. The van der Waals surface area contributed by atoms with Gasteiger partial charge in [-0.15, -0.1) is 0 Å². The largest absolute Gasteiger partial charge is 0.494 e. The molecule has 0 fully saturated rings. The van der Waals surface area contributed by atoms with Gasteiger partial charge in [-0.3, -0.25) is 13.9 Å². The lowest BCUT2D eigenvalue weighted by Crippen LogP contribution is -2.44. The fourth-order valence-electron chi connectivity index (χ4n) is 4.13. The second-order valence-corrected chi connectivity index (χ2v) is 12.1. The summed E-state index contributed by atoms with van der Waals surface area (Å²) in [5, 5.41) is 9.06. The van der Waals surface area contributed by atoms with Crippen LogP contribution < -0.4 is 13.8 Å². The molecule has 0 saturated carbocycles. The third-order valence-electron chi connectivity index (χ3n) is 6.03. The average molecular weight is 592 g/mol. The number of esters is 1. The number of hydrogen-bond acceptors (Lipinski definition) is 7. The Kier molecular flexibility index (Phi) is 8.92. The maximum Gasteiger partial charge on any atom is 0.426 e. The number of aliphatic carboxylic acids is 1. The van der Waals surface area contributed by atoms with Gasteiger partial charge in [0.1, 0.15) is 11.9 Å². The molecule has 0 bridgehead atoms. The normalized spacial score (nSPS) is 16.5. The Balaban J connectivity index is 1.98. The van der Waals surface area contributed by atoms with Crippen molar-refractivity contribution in [3.8, 4) is 11.5 Å². The summed E-state index contributed by atoms with van der Waals surface area (Å²) in [5.74, 6) is -3.37. The molecule has 0 aliphatic carbocycles. The van der Waals surface area contributed by atoms with Crippen LogP contribution in [0.5, 0.6) is 11.5 Å². The van der Waals surface area contributed by atoms with E-state index in [9.17, 15) is 35.6 Å². The molecule has 40 heavy (non-hydrogen) atoms. The van der Waals surface area contributed by atoms with E-state index in [1.165, 1.54) is 39.0 Å². The predicted octanol–water partition coefficient (Wildman–Crippen LogP) is 4.72. The highest BCUT2D eigenvalue weighted by Crippen LogP contribution is 2.40. The van der Waals surface area contributed by atoms with Crippen LogP contribution in [0, 0.1) is 11.2 Å². The van der Waals surface area contributed by atoms with E-state index in [-0.39, 0.29) is 47.0 Å². The lowest BCUT2D eigenvalue weighted by Gasteiger charge is -2.36. The number of sulfonamides is 1. The zero-order valence-electron chi connectivity index (χ0n) is 22.1. The van der Waals surface area contributed by atoms with Crippen molar-refractivity contribution in [2.24, 2.45) is 5.41 Å². The van der Waals surface area contributed by atoms with Gasteiger partial charge in [0.15, 0.2) is 11.6 Å². The number of fused-ring (bicyclic) bond motifs is 1. The van der Waals surface area contributed by atoms with Crippen LogP contribution in [0.2, 0.25) is 0 Å². The van der Waals surface area contributed by atoms with Gasteiger partial charge in [-0.2, -0.15) is 13.2 Å². The van der Waals surface area contributed by atoms with E-state index >= 15 is 0 Å². The van der Waals surface area contributed by atoms with E-state index < -0.39 is 58.0 Å². The summed E-state index contributed by atoms with van der Waals surface area (Å²) in [6.45, 7) is 3.52. The molecule has 1 heterocycles. The van der Waals surface area contributed by atoms with Gasteiger partial charge in [-0.05, 0) is 36.2 Å². The highest BCUT2D eigenvalue weighted by Gasteiger charge is 2.50. The first-order chi connectivity index (χ1) is 18.4. The first-order valence-corrected chi connectivity index (χ1v) is 13.5. The molecule has 0 aromatic heterocycles. The lowest BCUT2D eigenvalue weighted by atomic mass is 9.88. The van der Waals surface area contributed by atoms with E-state index in [1.807, 2.05) is 0 Å². The SMILES string of the molecule is COc1cc(S(=O)(=O)N2C[C@H](CCC(=O)O)Oc3ccc(CC(=O)O[C@H](C(C)(C)C)C(F)(F)F)cc32)ccc1F. The van der Waals surface area contributed by atoms with E-state index in [4.69, 9.17) is 19.3 Å². The van der Waals surface area contributed by atoms with E-state index in [2.05, 4.69) is 0 Å². The Labute approximate surface area is 228 Å². The van der Waals surface area contributed by atoms with Gasteiger partial charge in [0.2, 0.25) is 6.10 Å². The third kappa shape index (κ3) is 7.14. The fraction of sp³-hybridized carbons (Fsp3) is 0.462. The topological polar surface area (TPSA) is 119 Å². The number of ether oxygens (including phenoxy) is 3. The molecule has 1 N–H and O–H groups in total. The number of carboxylic acid groups (broad SMARTS) is 1. The number of benzene rings is 2. The summed E-state index contributed by atoms with van der Waals surface area (Å²) >= 11 is 0. The van der Waals surface area contributed by atoms with Gasteiger partial charge in [-0.25, -0.2) is 12.8 Å². The maximum absolute atomic E-state index is 14.0. The van der Waals surface area contributed by atoms with E-state index in [1.54, 1.807) is 0 Å². The standard InChI is InChI=1S/C26H29F4NO8S/c1-25(2,3)24(26(28,29)30)39-23(34)12-15-5-9-20-19(11-15)31(14-16(38-20)6-10-22(32)33)40(35,36)17-7-8-18(27)21(13-17)37-4/h5,7-9,11,13,16,24H,6,10,12,14H2,1-4H3,(H,32,33)/t16-,24+/m0/s1. The molecule has 220 valence electrons. The van der Waals surface area contributed by atoms with Crippen molar-refractivity contribution in [3.63, 3.8) is 0 Å². The molecule has 9 nitrogen and oxygen atoms in total. The second-order valence-electron chi connectivity index (χ2n) is 10.3. The number of carboxylic acids is 1. The summed E-state index contributed by atoms with van der Waals surface area (Å²) in [6, 6.07) is 6.89. The van der Waals surface area contributed by atoms with Crippen molar-refractivity contribution in [3.05, 3.63) is 47.8 Å². The van der Waals surface area contributed by atoms with Crippen molar-refractivity contribution < 1.29 is 54.9 Å². The second kappa shape index (κ2) is 11.5. The molecule has 2 atom stereocenters. The zero-order chi connectivity index (χ0) is 30.0. The average Bonchev–Trinajstić information content (AvgIpc) is 2.84. The Bertz CT molecular complexity index is 1360. The predicted molar refractivity (Wildman–Crippen MR) is 134 cm³/mol. The molecule has 14 heteroatoms. The molecule has 0 saturated heterocycles. The third-order valence-corrected chi connectivity index (χ3v) is 7.80. The van der Waals surface area contributed by atoms with Crippen molar-refractivity contribution in [2.75, 3.05) is 18.0 Å². The molecule has 0 radical (unpaired) electrons. The van der Waals surface area contributed by atoms with Gasteiger partial charge in [0, 0.05) is 17.9 Å². The highest BCUT2D eigenvalue weighted by atomic mass is 32.2. The number of nitrogens with zero attached hydrogens (tertiary/aromatic N) is 1. The molecule has 0 amide bonds. The van der Waals surface area contributed by atoms with Crippen LogP contribution in [-0.4, -0.2) is 57.5 Å². The van der Waals surface area contributed by atoms with Gasteiger partial charge in [0.25, 0.3) is 10.0 Å². The number of hydrogen-bond donors (Lipinski definition) is 1. The van der Waals surface area contributed by atoms with E-state index in [0.29, 0.717) is 0 Å². The van der Waals surface area contributed by atoms with Gasteiger partial charge in [-0.1, -0.05) is 26.8 Å². The molecule has 1 aliphatic rings. The monoisotopic (exact) mass is 591 g/mol. The summed E-state index contributed by atoms with van der Waals surface area (Å²) in [5.41, 5.74) is -1.32. The van der Waals surface area contributed by atoms with Gasteiger partial charge in [0.05, 0.1) is 30.7 Å². The molecule has 3 rings (SSSR count). The minimum absolute atomic E-state index is 0.0345. The summed E-state index contributed by atoms with van der Waals surface area (Å²) in [7, 11) is -3.24. The fourth-order valence-corrected chi connectivity index (χ4v) is 5.65. The molecule has 0 unspecified atom stereocenters. The van der Waals surface area contributed by atoms with Gasteiger partial charge >= 0.3 is 18.1 Å². The zero-order valence-corrected chi connectivity index (χ0v) is 22.9. The molecule has 1 aliphatic heterocycles. The van der Waals surface area contributed by atoms with Crippen LogP contribution >= 0.6 is 0 Å². The molecule has 2 aromatic rings. The minimum atomic E-state index is -4.80. The van der Waals surface area contributed by atoms with Crippen LogP contribution in [0.15, 0.2) is 41.3 Å². The van der Waals surface area contributed by atoms with Gasteiger partial charge < -0.3 is 19.3 Å². The Morgan fingerprint density at radius 3 is 2.40 bits per heavy atom. The van der Waals surface area contributed by atoms with Crippen LogP contribution in [0.3, 0.4) is 0 Å². The highest BCUT2D eigenvalue weighted by molar-refractivity contribution is 7.92. The number of alkyl halides is 3. The number of rotatable bonds is 9. The summed E-state index contributed by atoms with van der Waals surface area (Å²) < 4.78 is 98.1. The summed E-state index contributed by atoms with van der Waals surface area (Å²) in [4.78, 5) is 23.2. The number of anilines is 1. The Morgan fingerprint density at radius 2 is 1.82 bits per heavy atom. The van der Waals surface area contributed by atoms with Crippen LogP contribution in [0.1, 0.15) is 39.2 Å². The van der Waals surface area contributed by atoms with Crippen LogP contribution in [0.4, 0.5) is 23.2 Å². The van der Waals surface area contributed by atoms with Crippen LogP contribution in [0.25, 0.3) is 0 Å².